The Kier molecular flexibility index (Phi) is 4.01. The Morgan fingerprint density at radius 1 is 1.15 bits per heavy atom. The number of amides is 1. The highest BCUT2D eigenvalue weighted by Gasteiger charge is 2.40. The number of hydroxylamine groups is 2. The van der Waals surface area contributed by atoms with Gasteiger partial charge in [0.15, 0.2) is 0 Å². The Hall–Kier alpha value is -2.60. The minimum atomic E-state index is -0.220. The number of aromatic nitrogens is 1. The maximum Gasteiger partial charge on any atom is 0.280 e. The summed E-state index contributed by atoms with van der Waals surface area (Å²) in [7, 11) is 0. The third-order valence-corrected chi connectivity index (χ3v) is 5.44. The van der Waals surface area contributed by atoms with Gasteiger partial charge in [0.05, 0.1) is 11.6 Å². The summed E-state index contributed by atoms with van der Waals surface area (Å²) >= 11 is 6.03. The van der Waals surface area contributed by atoms with E-state index in [-0.39, 0.29) is 18.1 Å². The van der Waals surface area contributed by atoms with Gasteiger partial charge in [0.2, 0.25) is 0 Å². The van der Waals surface area contributed by atoms with Crippen molar-refractivity contribution in [1.29, 1.82) is 0 Å². The largest absolute Gasteiger partial charge is 0.360 e. The van der Waals surface area contributed by atoms with Crippen LogP contribution in [0.2, 0.25) is 5.02 Å². The third kappa shape index (κ3) is 2.84. The van der Waals surface area contributed by atoms with Gasteiger partial charge in [0, 0.05) is 28.7 Å². The van der Waals surface area contributed by atoms with Crippen LogP contribution >= 0.6 is 11.6 Å². The molecule has 1 saturated heterocycles. The number of aromatic amines is 1. The van der Waals surface area contributed by atoms with E-state index in [1.165, 1.54) is 5.06 Å². The van der Waals surface area contributed by atoms with Crippen molar-refractivity contribution < 1.29 is 9.63 Å². The van der Waals surface area contributed by atoms with E-state index in [0.29, 0.717) is 17.3 Å². The molecule has 0 saturated carbocycles. The standard InChI is InChI=1S/C21H18ClN3O2/c22-15-9-7-14(8-10-15)20-19-6-3-11-24(20)13-25(27-19)21(26)17-12-23-18-5-2-1-4-16(17)18/h1-10,12,19-20,23H,11,13H2. The molecule has 3 heterocycles. The molecule has 3 unspecified atom stereocenters. The van der Waals surface area contributed by atoms with Crippen molar-refractivity contribution in [3.05, 3.63) is 83.0 Å². The molecule has 27 heavy (non-hydrogen) atoms. The highest BCUT2D eigenvalue weighted by Crippen LogP contribution is 2.35. The molecule has 5 rings (SSSR count). The predicted molar refractivity (Wildman–Crippen MR) is 104 cm³/mol. The lowest BCUT2D eigenvalue weighted by Gasteiger charge is -2.46. The van der Waals surface area contributed by atoms with Gasteiger partial charge in [-0.25, -0.2) is 5.06 Å². The zero-order chi connectivity index (χ0) is 18.4. The molecule has 2 aromatic carbocycles. The number of hydrogen-bond acceptors (Lipinski definition) is 3. The van der Waals surface area contributed by atoms with Crippen LogP contribution in [0.25, 0.3) is 10.9 Å². The Morgan fingerprint density at radius 2 is 1.96 bits per heavy atom. The van der Waals surface area contributed by atoms with Crippen LogP contribution in [0, 0.1) is 0 Å². The SMILES string of the molecule is O=C(c1c[nH]c2ccccc12)N1CN2CC=CC(O1)C2c1ccc(Cl)cc1. The van der Waals surface area contributed by atoms with E-state index in [4.69, 9.17) is 16.4 Å². The number of halogens is 1. The fraction of sp³-hybridized carbons (Fsp3) is 0.190. The number of hydrogen-bond donors (Lipinski definition) is 1. The topological polar surface area (TPSA) is 48.6 Å². The van der Waals surface area contributed by atoms with Crippen LogP contribution in [0.5, 0.6) is 0 Å². The van der Waals surface area contributed by atoms with Crippen molar-refractivity contribution in [2.45, 2.75) is 12.1 Å². The molecule has 1 N–H and O–H groups in total. The van der Waals surface area contributed by atoms with Crippen LogP contribution in [-0.2, 0) is 4.84 Å². The second kappa shape index (κ2) is 6.53. The fourth-order valence-corrected chi connectivity index (χ4v) is 4.02. The number of carbonyl (C=O) groups is 1. The van der Waals surface area contributed by atoms with Gasteiger partial charge in [-0.3, -0.25) is 14.5 Å². The number of carbonyl (C=O) groups excluding carboxylic acids is 1. The smallest absolute Gasteiger partial charge is 0.280 e. The van der Waals surface area contributed by atoms with Crippen molar-refractivity contribution in [3.8, 4) is 0 Å². The first-order chi connectivity index (χ1) is 13.2. The van der Waals surface area contributed by atoms with Crippen molar-refractivity contribution in [2.24, 2.45) is 0 Å². The fourth-order valence-electron chi connectivity index (χ4n) is 3.90. The normalized spacial score (nSPS) is 24.3. The van der Waals surface area contributed by atoms with Crippen molar-refractivity contribution >= 4 is 28.4 Å². The first kappa shape index (κ1) is 16.6. The molecule has 1 fully saturated rings. The van der Waals surface area contributed by atoms with Gasteiger partial charge in [0.1, 0.15) is 12.8 Å². The molecule has 6 heteroatoms. The van der Waals surface area contributed by atoms with E-state index in [2.05, 4.69) is 16.0 Å². The number of H-pyrrole nitrogens is 1. The molecule has 2 aliphatic heterocycles. The Morgan fingerprint density at radius 3 is 2.78 bits per heavy atom. The van der Waals surface area contributed by atoms with E-state index in [1.54, 1.807) is 6.20 Å². The van der Waals surface area contributed by atoms with Gasteiger partial charge in [-0.2, -0.15) is 0 Å². The summed E-state index contributed by atoms with van der Waals surface area (Å²) in [6.45, 7) is 1.18. The monoisotopic (exact) mass is 379 g/mol. The predicted octanol–water partition coefficient (Wildman–Crippen LogP) is 4.15. The molecule has 5 nitrogen and oxygen atoms in total. The number of rotatable bonds is 2. The number of benzene rings is 2. The first-order valence-corrected chi connectivity index (χ1v) is 9.29. The second-order valence-corrected chi connectivity index (χ2v) is 7.28. The Balaban J connectivity index is 1.43. The maximum absolute atomic E-state index is 13.1. The molecule has 3 aromatic rings. The minimum absolute atomic E-state index is 0.0688. The van der Waals surface area contributed by atoms with Gasteiger partial charge < -0.3 is 4.98 Å². The molecule has 1 aromatic heterocycles. The Bertz CT molecular complexity index is 1030. The van der Waals surface area contributed by atoms with Crippen molar-refractivity contribution in [3.63, 3.8) is 0 Å². The first-order valence-electron chi connectivity index (χ1n) is 8.91. The van der Waals surface area contributed by atoms with Gasteiger partial charge >= 0.3 is 0 Å². The summed E-state index contributed by atoms with van der Waals surface area (Å²) < 4.78 is 0. The van der Waals surface area contributed by atoms with Gasteiger partial charge in [-0.05, 0) is 23.8 Å². The highest BCUT2D eigenvalue weighted by atomic mass is 35.5. The van der Waals surface area contributed by atoms with Gasteiger partial charge in [0.25, 0.3) is 5.91 Å². The van der Waals surface area contributed by atoms with E-state index in [9.17, 15) is 4.79 Å². The summed E-state index contributed by atoms with van der Waals surface area (Å²) in [4.78, 5) is 24.6. The average Bonchev–Trinajstić information content (AvgIpc) is 3.11. The van der Waals surface area contributed by atoms with E-state index >= 15 is 0 Å². The zero-order valence-electron chi connectivity index (χ0n) is 14.5. The summed E-state index contributed by atoms with van der Waals surface area (Å²) in [5.74, 6) is -0.132. The van der Waals surface area contributed by atoms with Crippen LogP contribution in [0.15, 0.2) is 66.9 Å². The van der Waals surface area contributed by atoms with Gasteiger partial charge in [-0.1, -0.05) is 54.1 Å². The number of fused-ring (bicyclic) bond motifs is 3. The molecule has 2 bridgehead atoms. The van der Waals surface area contributed by atoms with E-state index in [1.807, 2.05) is 54.6 Å². The van der Waals surface area contributed by atoms with Crippen LogP contribution in [0.3, 0.4) is 0 Å². The molecule has 2 aliphatic rings. The molecular weight excluding hydrogens is 362 g/mol. The van der Waals surface area contributed by atoms with Crippen LogP contribution in [0.4, 0.5) is 0 Å². The van der Waals surface area contributed by atoms with Crippen molar-refractivity contribution in [2.75, 3.05) is 13.2 Å². The van der Waals surface area contributed by atoms with E-state index in [0.717, 1.165) is 23.0 Å². The summed E-state index contributed by atoms with van der Waals surface area (Å²) in [6, 6.07) is 15.7. The van der Waals surface area contributed by atoms with Crippen molar-refractivity contribution in [1.82, 2.24) is 14.9 Å². The number of nitrogens with zero attached hydrogens (tertiary/aromatic N) is 2. The molecule has 0 aliphatic carbocycles. The molecule has 3 atom stereocenters. The quantitative estimate of drug-likeness (QED) is 0.680. The molecule has 1 amide bonds. The van der Waals surface area contributed by atoms with Crippen LogP contribution in [0.1, 0.15) is 22.0 Å². The lowest BCUT2D eigenvalue weighted by Crippen LogP contribution is -2.55. The molecule has 0 spiro atoms. The summed E-state index contributed by atoms with van der Waals surface area (Å²) in [5, 5.41) is 3.08. The second-order valence-electron chi connectivity index (χ2n) is 6.84. The average molecular weight is 380 g/mol. The molecular formula is C21H18ClN3O2. The number of nitrogens with one attached hydrogen (secondary N) is 1. The highest BCUT2D eigenvalue weighted by molar-refractivity contribution is 6.30. The lowest BCUT2D eigenvalue weighted by molar-refractivity contribution is -0.232. The minimum Gasteiger partial charge on any atom is -0.360 e. The Labute approximate surface area is 161 Å². The number of para-hydroxylation sites is 1. The molecule has 136 valence electrons. The van der Waals surface area contributed by atoms with Crippen LogP contribution < -0.4 is 0 Å². The van der Waals surface area contributed by atoms with E-state index < -0.39 is 0 Å². The maximum atomic E-state index is 13.1. The summed E-state index contributed by atoms with van der Waals surface area (Å²) in [6.07, 6.45) is 5.65. The third-order valence-electron chi connectivity index (χ3n) is 5.19. The molecule has 0 radical (unpaired) electrons. The van der Waals surface area contributed by atoms with Gasteiger partial charge in [-0.15, -0.1) is 0 Å². The lowest BCUT2D eigenvalue weighted by atomic mass is 9.96. The zero-order valence-corrected chi connectivity index (χ0v) is 15.3. The van der Waals surface area contributed by atoms with Crippen LogP contribution in [-0.4, -0.2) is 40.2 Å². The summed E-state index contributed by atoms with van der Waals surface area (Å²) in [5.41, 5.74) is 2.70.